The normalized spacial score (nSPS) is 23.5. The van der Waals surface area contributed by atoms with E-state index in [1.165, 1.54) is 30.9 Å². The third-order valence-electron chi connectivity index (χ3n) is 15.3. The molecule has 3 aliphatic rings. The molecule has 0 saturated carbocycles. The first-order valence-electron chi connectivity index (χ1n) is 28.4. The van der Waals surface area contributed by atoms with Gasteiger partial charge in [0, 0.05) is 70.6 Å². The number of fused-ring (bicyclic) bond motifs is 6. The molecule has 4 heterocycles. The number of para-hydroxylation sites is 1. The first kappa shape index (κ1) is 66.9. The number of carbonyl (C=O) groups is 6. The number of rotatable bonds is 28. The quantitative estimate of drug-likeness (QED) is 0.0262. The van der Waals surface area contributed by atoms with Crippen LogP contribution in [-0.2, 0) is 76.6 Å². The zero-order valence-corrected chi connectivity index (χ0v) is 50.5. The number of allylic oxidation sites excluding steroid dienone is 3. The van der Waals surface area contributed by atoms with Crippen molar-refractivity contribution in [1.82, 2.24) is 35.9 Å². The summed E-state index contributed by atoms with van der Waals surface area (Å²) in [6, 6.07) is 11.4. The lowest BCUT2D eigenvalue weighted by molar-refractivity contribution is -0.162. The van der Waals surface area contributed by atoms with Gasteiger partial charge in [-0.15, -0.1) is 0 Å². The number of hydrazine groups is 1. The Kier molecular flexibility index (Phi) is 25.3. The van der Waals surface area contributed by atoms with E-state index < -0.39 is 84.0 Å². The molecule has 6 rings (SSSR count). The van der Waals surface area contributed by atoms with Crippen LogP contribution in [0.2, 0.25) is 5.02 Å². The Bertz CT molecular complexity index is 2800. The van der Waals surface area contributed by atoms with Crippen molar-refractivity contribution in [2.75, 3.05) is 106 Å². The Hall–Kier alpha value is -6.19. The fourth-order valence-corrected chi connectivity index (χ4v) is 10.4. The lowest BCUT2D eigenvalue weighted by Gasteiger charge is -2.39. The molecule has 5 amide bonds. The van der Waals surface area contributed by atoms with Crippen molar-refractivity contribution < 1.29 is 76.9 Å². The number of anilines is 1. The Labute approximate surface area is 496 Å². The monoisotopic (exact) mass is 1200 g/mol. The van der Waals surface area contributed by atoms with Crippen LogP contribution in [0.25, 0.3) is 10.9 Å². The van der Waals surface area contributed by atoms with Gasteiger partial charge < -0.3 is 73.1 Å². The average molecular weight is 1200 g/mol. The van der Waals surface area contributed by atoms with E-state index in [9.17, 15) is 39.0 Å². The first-order valence-corrected chi connectivity index (χ1v) is 28.7. The highest BCUT2D eigenvalue weighted by Gasteiger charge is 2.64. The minimum atomic E-state index is -1.62. The molecule has 84 heavy (non-hydrogen) atoms. The summed E-state index contributed by atoms with van der Waals surface area (Å²) in [5, 5.41) is 32.4. The Balaban J connectivity index is 0.876. The van der Waals surface area contributed by atoms with Crippen molar-refractivity contribution in [1.29, 1.82) is 0 Å². The van der Waals surface area contributed by atoms with Gasteiger partial charge in [0.05, 0.1) is 97.7 Å². The number of methoxy groups -OCH3 is 1. The number of aliphatic hydroxyl groups is 2. The number of nitrogens with one attached hydrogen (secondary N) is 4. The van der Waals surface area contributed by atoms with E-state index in [1.54, 1.807) is 45.2 Å². The second-order valence-corrected chi connectivity index (χ2v) is 21.9. The molecule has 2 saturated heterocycles. The molecule has 3 aliphatic heterocycles. The molecular formula is C59H85ClN8O16. The van der Waals surface area contributed by atoms with E-state index >= 15 is 0 Å². The lowest BCUT2D eigenvalue weighted by atomic mass is 9.84. The standard InChI is InChI=1S/C59H85ClN8O16/c1-38-14-12-13-19-59(76)35-48(82-57(75)64-59)39(2)54-58(4,84-54)49(34-52(72)67(8)46-31-41(30-38)32-47(77-9)53(46)60)83-56(74)40(3)66(7)51(71)18-22-78-24-26-80-28-29-81-27-25-79-23-20-62-55(73)44(37-69)63-50(70)17-21-68-43(36-65(6)61-5)33-42-15-10-11-16-45(42)68/h10-16,31-33,39-40,44,48-49,54,61,69,76H,17-30,34-37H2,1-9H3,(H,62,73)(H,63,70)(H,64,75)/b13-12+,38-14+/t39-,40+,44+,48+,49+,54?,58+,59-/m1/s1. The van der Waals surface area contributed by atoms with Crippen LogP contribution in [0.4, 0.5) is 10.5 Å². The maximum Gasteiger partial charge on any atom is 0.409 e. The SMILES string of the molecule is CNN(C)Cc1cc2ccccc2n1CCC(=O)N[C@@H](CO)C(=O)NCCOCCOCCOCCOCCC(=O)N(C)[C@@H](C)C(=O)O[C@H]1CC(=O)N(C)c2cc(cc(OC)c2Cl)C/C(C)=C/C=C/C[C@@]2(O)C[C@H](OC(=O)N2)[C@@H](C)C2O[C@]21C. The van der Waals surface area contributed by atoms with Gasteiger partial charge in [-0.05, 0) is 69.5 Å². The second kappa shape index (κ2) is 31.8. The zero-order valence-electron chi connectivity index (χ0n) is 49.7. The van der Waals surface area contributed by atoms with E-state index in [0.29, 0.717) is 30.9 Å². The molecule has 0 radical (unpaired) electrons. The van der Waals surface area contributed by atoms with Crippen LogP contribution in [0.5, 0.6) is 5.75 Å². The van der Waals surface area contributed by atoms with Crippen LogP contribution in [0.15, 0.2) is 66.3 Å². The van der Waals surface area contributed by atoms with Gasteiger partial charge >= 0.3 is 12.1 Å². The molecule has 25 heteroatoms. The number of carbonyl (C=O) groups excluding carboxylic acids is 6. The number of hydrogen-bond donors (Lipinski definition) is 6. The van der Waals surface area contributed by atoms with Gasteiger partial charge in [0.15, 0.2) is 0 Å². The van der Waals surface area contributed by atoms with Gasteiger partial charge in [0.2, 0.25) is 23.6 Å². The number of likely N-dealkylation sites (N-methyl/N-ethyl adjacent to an activating group) is 1. The molecule has 8 atom stereocenters. The van der Waals surface area contributed by atoms with E-state index in [2.05, 4.69) is 32.0 Å². The molecule has 2 aromatic carbocycles. The van der Waals surface area contributed by atoms with Crippen molar-refractivity contribution in [3.63, 3.8) is 0 Å². The maximum absolute atomic E-state index is 14.3. The average Bonchev–Trinajstić information content (AvgIpc) is 2.49. The topological polar surface area (TPSA) is 283 Å². The number of halogens is 1. The molecule has 6 N–H and O–H groups in total. The third-order valence-corrected chi connectivity index (χ3v) is 15.7. The summed E-state index contributed by atoms with van der Waals surface area (Å²) >= 11 is 6.80. The van der Waals surface area contributed by atoms with E-state index in [4.69, 9.17) is 49.5 Å². The van der Waals surface area contributed by atoms with Gasteiger partial charge in [-0.25, -0.2) is 14.6 Å². The first-order chi connectivity index (χ1) is 40.1. The number of aromatic nitrogens is 1. The van der Waals surface area contributed by atoms with Crippen molar-refractivity contribution in [3.8, 4) is 5.75 Å². The molecule has 0 spiro atoms. The lowest BCUT2D eigenvalue weighted by Crippen LogP contribution is -2.57. The second-order valence-electron chi connectivity index (χ2n) is 21.6. The molecule has 2 fully saturated rings. The largest absolute Gasteiger partial charge is 0.495 e. The van der Waals surface area contributed by atoms with Crippen LogP contribution in [0.1, 0.15) is 71.1 Å². The number of alkyl carbamates (subject to hydrolysis) is 1. The molecule has 464 valence electrons. The van der Waals surface area contributed by atoms with E-state index in [-0.39, 0.29) is 102 Å². The summed E-state index contributed by atoms with van der Waals surface area (Å²) in [4.78, 5) is 82.6. The highest BCUT2D eigenvalue weighted by molar-refractivity contribution is 6.35. The summed E-state index contributed by atoms with van der Waals surface area (Å²) in [7, 11) is 8.28. The number of ether oxygens (including phenoxy) is 8. The number of benzene rings is 2. The number of epoxide rings is 1. The van der Waals surface area contributed by atoms with Crippen LogP contribution >= 0.6 is 11.6 Å². The predicted octanol–water partition coefficient (Wildman–Crippen LogP) is 3.55. The molecule has 1 unspecified atom stereocenters. The van der Waals surface area contributed by atoms with Gasteiger partial charge in [-0.2, -0.15) is 0 Å². The number of aliphatic hydroxyl groups excluding tert-OH is 1. The van der Waals surface area contributed by atoms with E-state index in [0.717, 1.165) is 27.7 Å². The molecule has 1 aromatic heterocycles. The molecule has 4 bridgehead atoms. The minimum Gasteiger partial charge on any atom is -0.495 e. The zero-order chi connectivity index (χ0) is 61.1. The van der Waals surface area contributed by atoms with Crippen molar-refractivity contribution in [3.05, 3.63) is 82.5 Å². The molecular weight excluding hydrogens is 1110 g/mol. The summed E-state index contributed by atoms with van der Waals surface area (Å²) in [5.41, 5.74) is 4.38. The van der Waals surface area contributed by atoms with Gasteiger partial charge in [0.1, 0.15) is 46.4 Å². The third kappa shape index (κ3) is 18.7. The van der Waals surface area contributed by atoms with Gasteiger partial charge in [-0.3, -0.25) is 29.9 Å². The Morgan fingerprint density at radius 3 is 2.33 bits per heavy atom. The van der Waals surface area contributed by atoms with E-state index in [1.807, 2.05) is 56.4 Å². The highest BCUT2D eigenvalue weighted by Crippen LogP contribution is 2.49. The Morgan fingerprint density at radius 2 is 1.65 bits per heavy atom. The van der Waals surface area contributed by atoms with Gasteiger partial charge in [0.25, 0.3) is 0 Å². The number of amides is 5. The summed E-state index contributed by atoms with van der Waals surface area (Å²) in [6.45, 7) is 9.33. The van der Waals surface area contributed by atoms with Crippen LogP contribution in [-0.4, -0.2) is 203 Å². The number of hydrogen-bond acceptors (Lipinski definition) is 18. The highest BCUT2D eigenvalue weighted by atomic mass is 35.5. The number of nitrogens with zero attached hydrogens (tertiary/aromatic N) is 4. The van der Waals surface area contributed by atoms with Crippen LogP contribution < -0.4 is 31.0 Å². The fraction of sp³-hybridized carbons (Fsp3) is 0.593. The summed E-state index contributed by atoms with van der Waals surface area (Å²) < 4.78 is 48.1. The molecule has 24 nitrogen and oxygen atoms in total. The maximum atomic E-state index is 14.3. The summed E-state index contributed by atoms with van der Waals surface area (Å²) in [5.74, 6) is -2.69. The fourth-order valence-electron chi connectivity index (χ4n) is 10.1. The summed E-state index contributed by atoms with van der Waals surface area (Å²) in [6.07, 6.45) is 2.32. The van der Waals surface area contributed by atoms with Crippen LogP contribution in [0, 0.1) is 5.92 Å². The smallest absolute Gasteiger partial charge is 0.409 e. The Morgan fingerprint density at radius 1 is 0.976 bits per heavy atom. The molecule has 3 aromatic rings. The minimum absolute atomic E-state index is 0.0352. The number of esters is 1. The van der Waals surface area contributed by atoms with Crippen molar-refractivity contribution in [2.45, 2.75) is 121 Å². The van der Waals surface area contributed by atoms with Gasteiger partial charge in [-0.1, -0.05) is 60.5 Å². The molecule has 0 aliphatic carbocycles. The number of aryl methyl sites for hydroxylation is 1. The van der Waals surface area contributed by atoms with Crippen molar-refractivity contribution >= 4 is 63.9 Å². The van der Waals surface area contributed by atoms with Crippen molar-refractivity contribution in [2.24, 2.45) is 5.92 Å². The van der Waals surface area contributed by atoms with Crippen LogP contribution in [0.3, 0.4) is 0 Å². The predicted molar refractivity (Wildman–Crippen MR) is 312 cm³/mol.